The number of benzene rings is 1. The van der Waals surface area contributed by atoms with Crippen LogP contribution in [-0.2, 0) is 9.53 Å². The number of hydrogen-bond donors (Lipinski definition) is 1. The zero-order chi connectivity index (χ0) is 12.0. The van der Waals surface area contributed by atoms with Gasteiger partial charge in [-0.25, -0.2) is 8.78 Å². The number of ether oxygens (including phenoxy) is 1. The van der Waals surface area contributed by atoms with Crippen LogP contribution in [0.1, 0.15) is 13.3 Å². The summed E-state index contributed by atoms with van der Waals surface area (Å²) >= 11 is 0. The maximum Gasteiger partial charge on any atom is 0.307 e. The van der Waals surface area contributed by atoms with Crippen LogP contribution in [-0.4, -0.2) is 19.1 Å². The Morgan fingerprint density at radius 2 is 2.19 bits per heavy atom. The van der Waals surface area contributed by atoms with Crippen LogP contribution in [0.5, 0.6) is 0 Å². The quantitative estimate of drug-likeness (QED) is 0.787. The standard InChI is InChI=1S/C11H13F2NO2/c1-2-16-10(15)6-7-14-9-5-3-4-8(12)11(9)13/h3-5,14H,2,6-7H2,1H3. The maximum atomic E-state index is 13.1. The number of carbonyl (C=O) groups excluding carboxylic acids is 1. The highest BCUT2D eigenvalue weighted by Gasteiger charge is 2.07. The Morgan fingerprint density at radius 3 is 2.88 bits per heavy atom. The Balaban J connectivity index is 2.43. The minimum absolute atomic E-state index is 0.0456. The molecule has 0 aliphatic heterocycles. The number of anilines is 1. The van der Waals surface area contributed by atoms with E-state index in [1.165, 1.54) is 12.1 Å². The molecule has 0 radical (unpaired) electrons. The van der Waals surface area contributed by atoms with Gasteiger partial charge in [0.15, 0.2) is 11.6 Å². The SMILES string of the molecule is CCOC(=O)CCNc1cccc(F)c1F. The highest BCUT2D eigenvalue weighted by atomic mass is 19.2. The first kappa shape index (κ1) is 12.4. The molecule has 88 valence electrons. The van der Waals surface area contributed by atoms with Crippen molar-refractivity contribution in [3.8, 4) is 0 Å². The van der Waals surface area contributed by atoms with Crippen LogP contribution in [0.25, 0.3) is 0 Å². The van der Waals surface area contributed by atoms with Crippen molar-refractivity contribution in [1.29, 1.82) is 0 Å². The van der Waals surface area contributed by atoms with Gasteiger partial charge in [0.2, 0.25) is 0 Å². The van der Waals surface area contributed by atoms with Crippen molar-refractivity contribution >= 4 is 11.7 Å². The molecule has 0 aliphatic rings. The molecule has 0 aromatic heterocycles. The Hall–Kier alpha value is -1.65. The molecule has 0 fully saturated rings. The number of carbonyl (C=O) groups is 1. The number of halogens is 2. The van der Waals surface area contributed by atoms with Crippen molar-refractivity contribution in [1.82, 2.24) is 0 Å². The molecule has 1 rings (SSSR count). The Kier molecular flexibility index (Phi) is 4.69. The Labute approximate surface area is 92.4 Å². The van der Waals surface area contributed by atoms with E-state index < -0.39 is 11.6 Å². The summed E-state index contributed by atoms with van der Waals surface area (Å²) in [6.45, 7) is 2.23. The van der Waals surface area contributed by atoms with E-state index >= 15 is 0 Å². The van der Waals surface area contributed by atoms with Gasteiger partial charge in [0.05, 0.1) is 18.7 Å². The third kappa shape index (κ3) is 3.49. The molecule has 0 amide bonds. The summed E-state index contributed by atoms with van der Waals surface area (Å²) in [5, 5.41) is 2.63. The van der Waals surface area contributed by atoms with Gasteiger partial charge in [-0.2, -0.15) is 0 Å². The van der Waals surface area contributed by atoms with E-state index in [4.69, 9.17) is 0 Å². The second-order valence-corrected chi connectivity index (χ2v) is 3.08. The first-order chi connectivity index (χ1) is 7.65. The third-order valence-electron chi connectivity index (χ3n) is 1.90. The lowest BCUT2D eigenvalue weighted by atomic mass is 10.3. The van der Waals surface area contributed by atoms with Crippen LogP contribution >= 0.6 is 0 Å². The minimum Gasteiger partial charge on any atom is -0.466 e. The average molecular weight is 229 g/mol. The van der Waals surface area contributed by atoms with Gasteiger partial charge in [-0.15, -0.1) is 0 Å². The molecule has 0 spiro atoms. The highest BCUT2D eigenvalue weighted by Crippen LogP contribution is 2.16. The molecule has 0 unspecified atom stereocenters. The third-order valence-corrected chi connectivity index (χ3v) is 1.90. The fraction of sp³-hybridized carbons (Fsp3) is 0.364. The summed E-state index contributed by atoms with van der Waals surface area (Å²) in [5.41, 5.74) is 0.0456. The van der Waals surface area contributed by atoms with Crippen LogP contribution in [0.2, 0.25) is 0 Å². The van der Waals surface area contributed by atoms with Gasteiger partial charge in [0.1, 0.15) is 0 Å². The summed E-state index contributed by atoms with van der Waals surface area (Å²) < 4.78 is 30.6. The summed E-state index contributed by atoms with van der Waals surface area (Å²) in [6.07, 6.45) is 0.115. The Bertz CT molecular complexity index is 369. The smallest absolute Gasteiger partial charge is 0.307 e. The van der Waals surface area contributed by atoms with E-state index in [0.29, 0.717) is 6.61 Å². The fourth-order valence-corrected chi connectivity index (χ4v) is 1.17. The number of nitrogens with one attached hydrogen (secondary N) is 1. The average Bonchev–Trinajstić information content (AvgIpc) is 2.25. The molecule has 1 aromatic rings. The predicted octanol–water partition coefficient (Wildman–Crippen LogP) is 2.33. The number of rotatable bonds is 5. The molecule has 0 saturated carbocycles. The summed E-state index contributed by atoms with van der Waals surface area (Å²) in [7, 11) is 0. The lowest BCUT2D eigenvalue weighted by Gasteiger charge is -2.07. The largest absolute Gasteiger partial charge is 0.466 e. The van der Waals surface area contributed by atoms with Gasteiger partial charge in [-0.1, -0.05) is 6.07 Å². The molecular formula is C11H13F2NO2. The molecule has 0 aliphatic carbocycles. The zero-order valence-corrected chi connectivity index (χ0v) is 8.93. The van der Waals surface area contributed by atoms with Crippen LogP contribution in [0.15, 0.2) is 18.2 Å². The van der Waals surface area contributed by atoms with Gasteiger partial charge in [-0.3, -0.25) is 4.79 Å². The van der Waals surface area contributed by atoms with Crippen LogP contribution in [0.4, 0.5) is 14.5 Å². The lowest BCUT2D eigenvalue weighted by Crippen LogP contribution is -2.12. The predicted molar refractivity (Wildman–Crippen MR) is 56.1 cm³/mol. The van der Waals surface area contributed by atoms with E-state index in [1.807, 2.05) is 0 Å². The van der Waals surface area contributed by atoms with E-state index in [2.05, 4.69) is 10.1 Å². The second kappa shape index (κ2) is 6.05. The van der Waals surface area contributed by atoms with Gasteiger partial charge in [0, 0.05) is 6.54 Å². The molecule has 0 bridgehead atoms. The first-order valence-electron chi connectivity index (χ1n) is 4.98. The van der Waals surface area contributed by atoms with Crippen molar-refractivity contribution in [3.63, 3.8) is 0 Å². The van der Waals surface area contributed by atoms with Crippen molar-refractivity contribution in [2.45, 2.75) is 13.3 Å². The maximum absolute atomic E-state index is 13.1. The van der Waals surface area contributed by atoms with Crippen LogP contribution < -0.4 is 5.32 Å². The van der Waals surface area contributed by atoms with Crippen molar-refractivity contribution in [3.05, 3.63) is 29.8 Å². The number of esters is 1. The molecule has 1 N–H and O–H groups in total. The van der Waals surface area contributed by atoms with Crippen molar-refractivity contribution in [2.75, 3.05) is 18.5 Å². The molecule has 5 heteroatoms. The Morgan fingerprint density at radius 1 is 1.44 bits per heavy atom. The minimum atomic E-state index is -0.939. The topological polar surface area (TPSA) is 38.3 Å². The number of hydrogen-bond acceptors (Lipinski definition) is 3. The van der Waals surface area contributed by atoms with Crippen molar-refractivity contribution in [2.24, 2.45) is 0 Å². The highest BCUT2D eigenvalue weighted by molar-refractivity contribution is 5.70. The van der Waals surface area contributed by atoms with Gasteiger partial charge >= 0.3 is 5.97 Å². The molecule has 1 aromatic carbocycles. The van der Waals surface area contributed by atoms with Crippen molar-refractivity contribution < 1.29 is 18.3 Å². The molecule has 0 atom stereocenters. The van der Waals surface area contributed by atoms with E-state index in [9.17, 15) is 13.6 Å². The molecule has 16 heavy (non-hydrogen) atoms. The van der Waals surface area contributed by atoms with Gasteiger partial charge < -0.3 is 10.1 Å². The van der Waals surface area contributed by atoms with Gasteiger partial charge in [-0.05, 0) is 19.1 Å². The summed E-state index contributed by atoms with van der Waals surface area (Å²) in [6, 6.07) is 3.83. The monoisotopic (exact) mass is 229 g/mol. The lowest BCUT2D eigenvalue weighted by molar-refractivity contribution is -0.142. The zero-order valence-electron chi connectivity index (χ0n) is 8.93. The van der Waals surface area contributed by atoms with Gasteiger partial charge in [0.25, 0.3) is 0 Å². The first-order valence-corrected chi connectivity index (χ1v) is 4.98. The van der Waals surface area contributed by atoms with E-state index in [-0.39, 0.29) is 24.6 Å². The molecule has 3 nitrogen and oxygen atoms in total. The normalized spacial score (nSPS) is 9.94. The fourth-order valence-electron chi connectivity index (χ4n) is 1.17. The van der Waals surface area contributed by atoms with E-state index in [0.717, 1.165) is 6.07 Å². The summed E-state index contributed by atoms with van der Waals surface area (Å²) in [5.74, 6) is -2.22. The summed E-state index contributed by atoms with van der Waals surface area (Å²) in [4.78, 5) is 11.0. The van der Waals surface area contributed by atoms with Crippen LogP contribution in [0.3, 0.4) is 0 Å². The van der Waals surface area contributed by atoms with E-state index in [1.54, 1.807) is 6.92 Å². The second-order valence-electron chi connectivity index (χ2n) is 3.08. The molecule has 0 heterocycles. The van der Waals surface area contributed by atoms with Crippen LogP contribution in [0, 0.1) is 11.6 Å². The molecule has 0 saturated heterocycles. The molecular weight excluding hydrogens is 216 g/mol.